The van der Waals surface area contributed by atoms with E-state index in [9.17, 15) is 0 Å². The lowest BCUT2D eigenvalue weighted by Crippen LogP contribution is -2.05. The van der Waals surface area contributed by atoms with Crippen molar-refractivity contribution in [3.63, 3.8) is 0 Å². The van der Waals surface area contributed by atoms with E-state index in [0.717, 1.165) is 11.8 Å². The van der Waals surface area contributed by atoms with Crippen molar-refractivity contribution in [2.24, 2.45) is 11.8 Å². The standard InChI is InChI=1S/C17H28/c1-11(2)8-16-10-17(9-12(3)4)15(7)13(5)14(16)6/h10-12H,8-9H2,1-7H3. The molecule has 1 aromatic rings. The summed E-state index contributed by atoms with van der Waals surface area (Å²) in [6.45, 7) is 16.0. The van der Waals surface area contributed by atoms with E-state index in [1.54, 1.807) is 11.1 Å². The number of hydrogen-bond donors (Lipinski definition) is 0. The summed E-state index contributed by atoms with van der Waals surface area (Å²) < 4.78 is 0. The fourth-order valence-electron chi connectivity index (χ4n) is 2.49. The molecule has 1 aromatic carbocycles. The minimum absolute atomic E-state index is 0.739. The van der Waals surface area contributed by atoms with Gasteiger partial charge in [0.25, 0.3) is 0 Å². The summed E-state index contributed by atoms with van der Waals surface area (Å²) in [5.41, 5.74) is 7.61. The molecular weight excluding hydrogens is 204 g/mol. The van der Waals surface area contributed by atoms with E-state index < -0.39 is 0 Å². The molecule has 0 unspecified atom stereocenters. The second kappa shape index (κ2) is 5.71. The first-order chi connectivity index (χ1) is 7.82. The highest BCUT2D eigenvalue weighted by molar-refractivity contribution is 5.44. The monoisotopic (exact) mass is 232 g/mol. The maximum absolute atomic E-state index is 2.46. The SMILES string of the molecule is Cc1c(CC(C)C)cc(CC(C)C)c(C)c1C. The predicted molar refractivity (Wildman–Crippen MR) is 77.7 cm³/mol. The van der Waals surface area contributed by atoms with E-state index in [1.165, 1.54) is 29.5 Å². The van der Waals surface area contributed by atoms with E-state index >= 15 is 0 Å². The van der Waals surface area contributed by atoms with Crippen LogP contribution < -0.4 is 0 Å². The van der Waals surface area contributed by atoms with Gasteiger partial charge in [-0.3, -0.25) is 0 Å². The van der Waals surface area contributed by atoms with Gasteiger partial charge in [0.2, 0.25) is 0 Å². The van der Waals surface area contributed by atoms with Gasteiger partial charge in [-0.05, 0) is 73.3 Å². The van der Waals surface area contributed by atoms with Crippen molar-refractivity contribution in [3.8, 4) is 0 Å². The van der Waals surface area contributed by atoms with Crippen LogP contribution in [0.15, 0.2) is 6.07 Å². The van der Waals surface area contributed by atoms with Gasteiger partial charge in [0.15, 0.2) is 0 Å². The average Bonchev–Trinajstić information content (AvgIpc) is 2.20. The fraction of sp³-hybridized carbons (Fsp3) is 0.647. The molecule has 0 fully saturated rings. The Labute approximate surface area is 107 Å². The van der Waals surface area contributed by atoms with Gasteiger partial charge in [-0.25, -0.2) is 0 Å². The molecule has 0 aliphatic carbocycles. The predicted octanol–water partition coefficient (Wildman–Crippen LogP) is 5.01. The Morgan fingerprint density at radius 3 is 1.35 bits per heavy atom. The van der Waals surface area contributed by atoms with Crippen LogP contribution in [0.1, 0.15) is 55.5 Å². The molecule has 0 heteroatoms. The zero-order chi connectivity index (χ0) is 13.2. The highest BCUT2D eigenvalue weighted by Gasteiger charge is 2.11. The van der Waals surface area contributed by atoms with E-state index in [2.05, 4.69) is 54.5 Å². The Hall–Kier alpha value is -0.780. The third-order valence-corrected chi connectivity index (χ3v) is 3.69. The molecule has 0 aliphatic heterocycles. The highest BCUT2D eigenvalue weighted by Crippen LogP contribution is 2.25. The minimum atomic E-state index is 0.739. The van der Waals surface area contributed by atoms with Gasteiger partial charge in [-0.2, -0.15) is 0 Å². The van der Waals surface area contributed by atoms with E-state index in [-0.39, 0.29) is 0 Å². The maximum atomic E-state index is 2.46. The quantitative estimate of drug-likeness (QED) is 0.684. The summed E-state index contributed by atoms with van der Waals surface area (Å²) in [5, 5.41) is 0. The molecule has 0 atom stereocenters. The summed E-state index contributed by atoms with van der Waals surface area (Å²) in [6, 6.07) is 2.46. The van der Waals surface area contributed by atoms with E-state index in [4.69, 9.17) is 0 Å². The van der Waals surface area contributed by atoms with Crippen LogP contribution >= 0.6 is 0 Å². The molecule has 96 valence electrons. The Balaban J connectivity index is 3.19. The molecule has 0 spiro atoms. The summed E-state index contributed by atoms with van der Waals surface area (Å²) >= 11 is 0. The Kier molecular flexibility index (Phi) is 4.80. The summed E-state index contributed by atoms with van der Waals surface area (Å²) in [6.07, 6.45) is 2.41. The molecular formula is C17H28. The minimum Gasteiger partial charge on any atom is -0.0625 e. The molecule has 0 N–H and O–H groups in total. The smallest absolute Gasteiger partial charge is 0.0253 e. The lowest BCUT2D eigenvalue weighted by atomic mass is 9.87. The Morgan fingerprint density at radius 2 is 1.06 bits per heavy atom. The topological polar surface area (TPSA) is 0 Å². The third kappa shape index (κ3) is 3.59. The molecule has 1 rings (SSSR count). The van der Waals surface area contributed by atoms with E-state index in [0.29, 0.717) is 0 Å². The van der Waals surface area contributed by atoms with Crippen LogP contribution in [0.3, 0.4) is 0 Å². The Morgan fingerprint density at radius 1 is 0.706 bits per heavy atom. The van der Waals surface area contributed by atoms with Crippen molar-refractivity contribution in [2.45, 2.75) is 61.3 Å². The van der Waals surface area contributed by atoms with Crippen LogP contribution in [0.25, 0.3) is 0 Å². The average molecular weight is 232 g/mol. The van der Waals surface area contributed by atoms with Gasteiger partial charge in [-0.15, -0.1) is 0 Å². The van der Waals surface area contributed by atoms with Gasteiger partial charge in [0.05, 0.1) is 0 Å². The van der Waals surface area contributed by atoms with Gasteiger partial charge in [0, 0.05) is 0 Å². The lowest BCUT2D eigenvalue weighted by Gasteiger charge is -2.18. The number of benzene rings is 1. The first kappa shape index (κ1) is 14.3. The first-order valence-corrected chi connectivity index (χ1v) is 6.91. The van der Waals surface area contributed by atoms with Gasteiger partial charge in [0.1, 0.15) is 0 Å². The normalized spacial score (nSPS) is 11.6. The molecule has 0 nitrogen and oxygen atoms in total. The van der Waals surface area contributed by atoms with Crippen molar-refractivity contribution in [1.29, 1.82) is 0 Å². The van der Waals surface area contributed by atoms with Gasteiger partial charge in [-0.1, -0.05) is 33.8 Å². The number of rotatable bonds is 4. The zero-order valence-corrected chi connectivity index (χ0v) is 12.6. The first-order valence-electron chi connectivity index (χ1n) is 6.91. The van der Waals surface area contributed by atoms with Crippen molar-refractivity contribution < 1.29 is 0 Å². The molecule has 0 saturated heterocycles. The van der Waals surface area contributed by atoms with Crippen LogP contribution in [-0.2, 0) is 12.8 Å². The number of hydrogen-bond acceptors (Lipinski definition) is 0. The highest BCUT2D eigenvalue weighted by atomic mass is 14.2. The fourth-order valence-corrected chi connectivity index (χ4v) is 2.49. The second-order valence-corrected chi connectivity index (χ2v) is 6.27. The summed E-state index contributed by atoms with van der Waals surface area (Å²) in [4.78, 5) is 0. The Bertz CT molecular complexity index is 349. The largest absolute Gasteiger partial charge is 0.0625 e. The zero-order valence-electron chi connectivity index (χ0n) is 12.6. The summed E-state index contributed by atoms with van der Waals surface area (Å²) in [5.74, 6) is 1.48. The van der Waals surface area contributed by atoms with Gasteiger partial charge < -0.3 is 0 Å². The van der Waals surface area contributed by atoms with Crippen LogP contribution in [-0.4, -0.2) is 0 Å². The van der Waals surface area contributed by atoms with Crippen LogP contribution in [0.5, 0.6) is 0 Å². The second-order valence-electron chi connectivity index (χ2n) is 6.27. The van der Waals surface area contributed by atoms with Gasteiger partial charge >= 0.3 is 0 Å². The molecule has 0 amide bonds. The van der Waals surface area contributed by atoms with Crippen molar-refractivity contribution in [3.05, 3.63) is 33.9 Å². The molecule has 0 saturated carbocycles. The molecule has 0 aliphatic rings. The van der Waals surface area contributed by atoms with Crippen LogP contribution in [0.4, 0.5) is 0 Å². The molecule has 17 heavy (non-hydrogen) atoms. The lowest BCUT2D eigenvalue weighted by molar-refractivity contribution is 0.631. The van der Waals surface area contributed by atoms with E-state index in [1.807, 2.05) is 0 Å². The van der Waals surface area contributed by atoms with Crippen molar-refractivity contribution >= 4 is 0 Å². The molecule has 0 radical (unpaired) electrons. The molecule has 0 bridgehead atoms. The maximum Gasteiger partial charge on any atom is -0.0253 e. The van der Waals surface area contributed by atoms with Crippen LogP contribution in [0.2, 0.25) is 0 Å². The van der Waals surface area contributed by atoms with Crippen LogP contribution in [0, 0.1) is 32.6 Å². The van der Waals surface area contributed by atoms with Crippen molar-refractivity contribution in [2.75, 3.05) is 0 Å². The summed E-state index contributed by atoms with van der Waals surface area (Å²) in [7, 11) is 0. The molecule has 0 heterocycles. The van der Waals surface area contributed by atoms with Crippen molar-refractivity contribution in [1.82, 2.24) is 0 Å². The third-order valence-electron chi connectivity index (χ3n) is 3.69. The molecule has 0 aromatic heterocycles.